The van der Waals surface area contributed by atoms with Crippen molar-refractivity contribution in [1.29, 1.82) is 0 Å². The van der Waals surface area contributed by atoms with Crippen molar-refractivity contribution in [3.05, 3.63) is 100 Å². The highest BCUT2D eigenvalue weighted by Crippen LogP contribution is 2.41. The van der Waals surface area contributed by atoms with Crippen LogP contribution in [0.5, 0.6) is 0 Å². The molecule has 0 spiro atoms. The van der Waals surface area contributed by atoms with Crippen LogP contribution >= 0.6 is 11.6 Å². The molecule has 0 amide bonds. The van der Waals surface area contributed by atoms with E-state index < -0.39 is 4.92 Å². The molecule has 6 heteroatoms. The number of aromatic nitrogens is 2. The second kappa shape index (κ2) is 6.72. The molecule has 0 aliphatic heterocycles. The fraction of sp³-hybridized carbons (Fsp3) is 0. The van der Waals surface area contributed by atoms with Gasteiger partial charge in [-0.25, -0.2) is 0 Å². The molecule has 0 radical (unpaired) electrons. The zero-order valence-corrected chi connectivity index (χ0v) is 15.9. The first-order valence-corrected chi connectivity index (χ1v) is 9.40. The van der Waals surface area contributed by atoms with Crippen LogP contribution in [0.25, 0.3) is 38.6 Å². The Kier molecular flexibility index (Phi) is 4.03. The minimum absolute atomic E-state index is 0.0406. The summed E-state index contributed by atoms with van der Waals surface area (Å²) < 4.78 is 1.90. The highest BCUT2D eigenvalue weighted by molar-refractivity contribution is 6.33. The summed E-state index contributed by atoms with van der Waals surface area (Å²) in [5.41, 5.74) is 3.90. The van der Waals surface area contributed by atoms with E-state index in [1.807, 2.05) is 59.2 Å². The van der Waals surface area contributed by atoms with Crippen LogP contribution in [0.3, 0.4) is 0 Å². The van der Waals surface area contributed by atoms with Crippen molar-refractivity contribution in [3.8, 4) is 16.8 Å². The minimum atomic E-state index is -0.394. The van der Waals surface area contributed by atoms with Gasteiger partial charge in [0.15, 0.2) is 0 Å². The molecule has 140 valence electrons. The van der Waals surface area contributed by atoms with E-state index in [4.69, 9.17) is 11.6 Å². The Bertz CT molecular complexity index is 1390. The summed E-state index contributed by atoms with van der Waals surface area (Å²) in [6.45, 7) is 0. The maximum atomic E-state index is 11.8. The van der Waals surface area contributed by atoms with E-state index in [0.717, 1.165) is 32.9 Å². The Morgan fingerprint density at radius 1 is 0.897 bits per heavy atom. The van der Waals surface area contributed by atoms with Crippen molar-refractivity contribution in [2.45, 2.75) is 0 Å². The number of rotatable bonds is 3. The van der Waals surface area contributed by atoms with Gasteiger partial charge in [0.2, 0.25) is 0 Å². The van der Waals surface area contributed by atoms with Crippen LogP contribution in [0.1, 0.15) is 0 Å². The number of fused-ring (bicyclic) bond motifs is 3. The van der Waals surface area contributed by atoms with Crippen molar-refractivity contribution < 1.29 is 4.92 Å². The van der Waals surface area contributed by atoms with Crippen molar-refractivity contribution in [3.63, 3.8) is 0 Å². The second-order valence-corrected chi connectivity index (χ2v) is 7.07. The average Bonchev–Trinajstić information content (AvgIpc) is 3.08. The molecule has 0 atom stereocenters. The van der Waals surface area contributed by atoms with Crippen molar-refractivity contribution in [2.24, 2.45) is 0 Å². The zero-order chi connectivity index (χ0) is 20.0. The Morgan fingerprint density at radius 2 is 1.69 bits per heavy atom. The molecule has 0 unspecified atom stereocenters. The Balaban J connectivity index is 2.03. The van der Waals surface area contributed by atoms with Crippen molar-refractivity contribution in [2.75, 3.05) is 0 Å². The predicted molar refractivity (Wildman–Crippen MR) is 116 cm³/mol. The highest BCUT2D eigenvalue weighted by Gasteiger charge is 2.24. The van der Waals surface area contributed by atoms with E-state index in [1.165, 1.54) is 6.07 Å². The number of benzene rings is 3. The summed E-state index contributed by atoms with van der Waals surface area (Å²) >= 11 is 6.53. The Hall–Kier alpha value is -3.70. The van der Waals surface area contributed by atoms with E-state index >= 15 is 0 Å². The molecule has 0 bridgehead atoms. The summed E-state index contributed by atoms with van der Waals surface area (Å²) in [6, 6.07) is 22.5. The number of nitrogens with zero attached hydrogens (tertiary/aromatic N) is 3. The van der Waals surface area contributed by atoms with Gasteiger partial charge < -0.3 is 4.57 Å². The standard InChI is InChI=1S/C23H14ClN3O2/c24-19-10-4-12-21(27(28)29)23(19)26-20-11-2-1-7-17(20)18-9-3-8-16(22(18)26)15-6-5-13-25-14-15/h1-14H. The SMILES string of the molecule is O=[N+]([O-])c1cccc(Cl)c1-n1c2ccccc2c2cccc(-c3cccnc3)c21. The van der Waals surface area contributed by atoms with Crippen LogP contribution in [0.4, 0.5) is 5.69 Å². The third-order valence-electron chi connectivity index (χ3n) is 5.05. The van der Waals surface area contributed by atoms with Crippen LogP contribution < -0.4 is 0 Å². The molecule has 0 aliphatic carbocycles. The second-order valence-electron chi connectivity index (χ2n) is 6.66. The lowest BCUT2D eigenvalue weighted by Crippen LogP contribution is -2.02. The van der Waals surface area contributed by atoms with Gasteiger partial charge in [0.1, 0.15) is 5.69 Å². The zero-order valence-electron chi connectivity index (χ0n) is 15.1. The lowest BCUT2D eigenvalue weighted by atomic mass is 10.0. The molecule has 0 N–H and O–H groups in total. The fourth-order valence-corrected chi connectivity index (χ4v) is 4.13. The molecule has 0 fully saturated rings. The number of hydrogen-bond donors (Lipinski definition) is 0. The van der Waals surface area contributed by atoms with Gasteiger partial charge in [0.25, 0.3) is 5.69 Å². The summed E-state index contributed by atoms with van der Waals surface area (Å²) in [7, 11) is 0. The van der Waals surface area contributed by atoms with Crippen molar-refractivity contribution in [1.82, 2.24) is 9.55 Å². The molecule has 2 heterocycles. The first-order valence-electron chi connectivity index (χ1n) is 9.02. The van der Waals surface area contributed by atoms with E-state index in [0.29, 0.717) is 10.7 Å². The van der Waals surface area contributed by atoms with Crippen molar-refractivity contribution >= 4 is 39.1 Å². The quantitative estimate of drug-likeness (QED) is 0.260. The number of pyridine rings is 1. The van der Waals surface area contributed by atoms with E-state index in [-0.39, 0.29) is 5.69 Å². The Labute approximate surface area is 171 Å². The van der Waals surface area contributed by atoms with Crippen LogP contribution in [-0.2, 0) is 0 Å². The Morgan fingerprint density at radius 3 is 2.48 bits per heavy atom. The molecule has 5 aromatic rings. The predicted octanol–water partition coefficient (Wildman–Crippen LogP) is 6.41. The van der Waals surface area contributed by atoms with Gasteiger partial charge in [-0.15, -0.1) is 0 Å². The molecular formula is C23H14ClN3O2. The molecule has 29 heavy (non-hydrogen) atoms. The number of hydrogen-bond acceptors (Lipinski definition) is 3. The summed E-state index contributed by atoms with van der Waals surface area (Å²) in [5, 5.41) is 14.1. The largest absolute Gasteiger partial charge is 0.301 e. The average molecular weight is 400 g/mol. The molecule has 5 rings (SSSR count). The summed E-state index contributed by atoms with van der Waals surface area (Å²) in [5.74, 6) is 0. The number of nitro benzene ring substituents is 1. The van der Waals surface area contributed by atoms with E-state index in [2.05, 4.69) is 4.98 Å². The number of para-hydroxylation sites is 3. The first-order chi connectivity index (χ1) is 14.2. The fourth-order valence-electron chi connectivity index (χ4n) is 3.88. The van der Waals surface area contributed by atoms with Gasteiger partial charge in [-0.1, -0.05) is 60.1 Å². The van der Waals surface area contributed by atoms with Gasteiger partial charge in [-0.05, 0) is 18.2 Å². The van der Waals surface area contributed by atoms with Crippen LogP contribution in [0.15, 0.2) is 85.2 Å². The number of nitro groups is 1. The van der Waals surface area contributed by atoms with E-state index in [9.17, 15) is 10.1 Å². The topological polar surface area (TPSA) is 61.0 Å². The smallest absolute Gasteiger partial charge is 0.294 e. The molecule has 2 aromatic heterocycles. The highest BCUT2D eigenvalue weighted by atomic mass is 35.5. The number of halogens is 1. The molecule has 0 saturated heterocycles. The maximum Gasteiger partial charge on any atom is 0.294 e. The minimum Gasteiger partial charge on any atom is -0.301 e. The van der Waals surface area contributed by atoms with Gasteiger partial charge in [-0.2, -0.15) is 0 Å². The third-order valence-corrected chi connectivity index (χ3v) is 5.36. The lowest BCUT2D eigenvalue weighted by molar-refractivity contribution is -0.384. The maximum absolute atomic E-state index is 11.8. The van der Waals surface area contributed by atoms with Crippen LogP contribution in [0.2, 0.25) is 5.02 Å². The van der Waals surface area contributed by atoms with Gasteiger partial charge in [0.05, 0.1) is 21.0 Å². The van der Waals surface area contributed by atoms with Crippen LogP contribution in [0, 0.1) is 10.1 Å². The van der Waals surface area contributed by atoms with Gasteiger partial charge >= 0.3 is 0 Å². The van der Waals surface area contributed by atoms with E-state index in [1.54, 1.807) is 24.5 Å². The lowest BCUT2D eigenvalue weighted by Gasteiger charge is -2.13. The van der Waals surface area contributed by atoms with Crippen LogP contribution in [-0.4, -0.2) is 14.5 Å². The summed E-state index contributed by atoms with van der Waals surface area (Å²) in [4.78, 5) is 15.7. The molecular weight excluding hydrogens is 386 g/mol. The first kappa shape index (κ1) is 17.4. The normalized spacial score (nSPS) is 11.2. The molecule has 5 nitrogen and oxygen atoms in total. The summed E-state index contributed by atoms with van der Waals surface area (Å²) in [6.07, 6.45) is 3.51. The molecule has 0 saturated carbocycles. The van der Waals surface area contributed by atoms with Gasteiger partial charge in [0, 0.05) is 40.4 Å². The third kappa shape index (κ3) is 2.67. The molecule has 3 aromatic carbocycles. The monoisotopic (exact) mass is 399 g/mol. The molecule has 0 aliphatic rings. The van der Waals surface area contributed by atoms with Gasteiger partial charge in [-0.3, -0.25) is 15.1 Å².